The minimum absolute atomic E-state index is 0.171. The predicted octanol–water partition coefficient (Wildman–Crippen LogP) is 2.60. The number of amides is 1. The van der Waals surface area contributed by atoms with E-state index >= 15 is 0 Å². The van der Waals surface area contributed by atoms with Crippen molar-refractivity contribution in [2.75, 3.05) is 13.2 Å². The van der Waals surface area contributed by atoms with Gasteiger partial charge in [0.25, 0.3) is 5.91 Å². The molecular formula is C16H17NO4. The maximum Gasteiger partial charge on any atom is 0.328 e. The van der Waals surface area contributed by atoms with Gasteiger partial charge in [0, 0.05) is 11.9 Å². The number of rotatable bonds is 3. The predicted molar refractivity (Wildman–Crippen MR) is 76.9 cm³/mol. The summed E-state index contributed by atoms with van der Waals surface area (Å²) in [6.45, 7) is 2.66. The number of hydrogen-bond donors (Lipinski definition) is 0. The number of hydrogen-bond acceptors (Lipinski definition) is 4. The minimum Gasteiger partial charge on any atom is -0.464 e. The van der Waals surface area contributed by atoms with Crippen molar-refractivity contribution in [2.24, 2.45) is 0 Å². The van der Waals surface area contributed by atoms with Crippen LogP contribution in [-0.4, -0.2) is 36.0 Å². The normalized spacial score (nSPS) is 18.1. The lowest BCUT2D eigenvalue weighted by atomic mass is 10.1. The first kappa shape index (κ1) is 13.7. The van der Waals surface area contributed by atoms with Crippen LogP contribution in [-0.2, 0) is 9.53 Å². The highest BCUT2D eigenvalue weighted by Crippen LogP contribution is 2.26. The molecule has 1 aromatic carbocycles. The van der Waals surface area contributed by atoms with Crippen molar-refractivity contribution in [3.8, 4) is 0 Å². The Labute approximate surface area is 122 Å². The molecule has 0 spiro atoms. The van der Waals surface area contributed by atoms with E-state index in [9.17, 15) is 9.59 Å². The highest BCUT2D eigenvalue weighted by atomic mass is 16.5. The Balaban J connectivity index is 1.89. The van der Waals surface area contributed by atoms with Crippen molar-refractivity contribution in [3.63, 3.8) is 0 Å². The highest BCUT2D eigenvalue weighted by molar-refractivity contribution is 6.07. The number of ether oxygens (including phenoxy) is 1. The third kappa shape index (κ3) is 2.39. The first-order valence-electron chi connectivity index (χ1n) is 7.16. The van der Waals surface area contributed by atoms with Crippen LogP contribution >= 0.6 is 0 Å². The van der Waals surface area contributed by atoms with Crippen molar-refractivity contribution < 1.29 is 18.7 Å². The zero-order valence-corrected chi connectivity index (χ0v) is 11.9. The molecule has 0 radical (unpaired) electrons. The molecule has 1 aromatic heterocycles. The molecule has 1 atom stereocenters. The van der Waals surface area contributed by atoms with Crippen LogP contribution in [0.25, 0.3) is 11.0 Å². The fraction of sp³-hybridized carbons (Fsp3) is 0.375. The standard InChI is InChI=1S/C16H17NO4/c1-2-20-16(19)13-7-5-9-17(13)15(18)12-10-21-14-8-4-3-6-11(12)14/h3-4,6,8,10,13H,2,5,7,9H2,1H3. The van der Waals surface area contributed by atoms with Crippen molar-refractivity contribution in [1.29, 1.82) is 0 Å². The summed E-state index contributed by atoms with van der Waals surface area (Å²) in [5.74, 6) is -0.494. The summed E-state index contributed by atoms with van der Waals surface area (Å²) >= 11 is 0. The number of benzene rings is 1. The van der Waals surface area contributed by atoms with Gasteiger partial charge in [-0.2, -0.15) is 0 Å². The van der Waals surface area contributed by atoms with Gasteiger partial charge in [-0.1, -0.05) is 18.2 Å². The summed E-state index contributed by atoms with van der Waals surface area (Å²) < 4.78 is 10.5. The Kier molecular flexibility index (Phi) is 3.64. The topological polar surface area (TPSA) is 59.8 Å². The summed E-state index contributed by atoms with van der Waals surface area (Å²) in [4.78, 5) is 26.2. The lowest BCUT2D eigenvalue weighted by Crippen LogP contribution is -2.41. The summed E-state index contributed by atoms with van der Waals surface area (Å²) in [6, 6.07) is 6.91. The van der Waals surface area contributed by atoms with E-state index in [1.165, 1.54) is 6.26 Å². The molecule has 5 nitrogen and oxygen atoms in total. The number of furan rings is 1. The third-order valence-electron chi connectivity index (χ3n) is 3.78. The Hall–Kier alpha value is -2.30. The summed E-state index contributed by atoms with van der Waals surface area (Å²) in [7, 11) is 0. The summed E-state index contributed by atoms with van der Waals surface area (Å²) in [5, 5.41) is 0.775. The number of para-hydroxylation sites is 1. The molecule has 3 rings (SSSR count). The van der Waals surface area contributed by atoms with E-state index in [2.05, 4.69) is 0 Å². The molecule has 1 aliphatic rings. The smallest absolute Gasteiger partial charge is 0.328 e. The first-order chi connectivity index (χ1) is 10.2. The van der Waals surface area contributed by atoms with E-state index in [1.807, 2.05) is 24.3 Å². The monoisotopic (exact) mass is 287 g/mol. The fourth-order valence-corrected chi connectivity index (χ4v) is 2.79. The lowest BCUT2D eigenvalue weighted by Gasteiger charge is -2.22. The lowest BCUT2D eigenvalue weighted by molar-refractivity contribution is -0.147. The maximum atomic E-state index is 12.7. The van der Waals surface area contributed by atoms with Gasteiger partial charge in [0.05, 0.1) is 12.2 Å². The van der Waals surface area contributed by atoms with Gasteiger partial charge in [0.2, 0.25) is 0 Å². The largest absolute Gasteiger partial charge is 0.464 e. The molecule has 0 aliphatic carbocycles. The molecule has 21 heavy (non-hydrogen) atoms. The number of carbonyl (C=O) groups is 2. The first-order valence-corrected chi connectivity index (χ1v) is 7.16. The summed E-state index contributed by atoms with van der Waals surface area (Å²) in [6.07, 6.45) is 2.93. The Morgan fingerprint density at radius 1 is 1.38 bits per heavy atom. The molecule has 0 saturated carbocycles. The number of nitrogens with zero attached hydrogens (tertiary/aromatic N) is 1. The van der Waals surface area contributed by atoms with Gasteiger partial charge in [0.1, 0.15) is 17.9 Å². The van der Waals surface area contributed by atoms with Crippen LogP contribution in [0.3, 0.4) is 0 Å². The molecular weight excluding hydrogens is 270 g/mol. The van der Waals surface area contributed by atoms with Crippen molar-refractivity contribution in [2.45, 2.75) is 25.8 Å². The number of fused-ring (bicyclic) bond motifs is 1. The minimum atomic E-state index is -0.480. The van der Waals surface area contributed by atoms with Crippen LogP contribution in [0.1, 0.15) is 30.1 Å². The maximum absolute atomic E-state index is 12.7. The molecule has 0 bridgehead atoms. The second-order valence-corrected chi connectivity index (χ2v) is 5.05. The van der Waals surface area contributed by atoms with Crippen LogP contribution in [0.2, 0.25) is 0 Å². The van der Waals surface area contributed by atoms with Crippen molar-refractivity contribution in [1.82, 2.24) is 4.90 Å². The number of carbonyl (C=O) groups excluding carboxylic acids is 2. The molecule has 1 unspecified atom stereocenters. The van der Waals surface area contributed by atoms with E-state index in [0.717, 1.165) is 11.8 Å². The van der Waals surface area contributed by atoms with E-state index in [-0.39, 0.29) is 11.9 Å². The van der Waals surface area contributed by atoms with Gasteiger partial charge in [-0.25, -0.2) is 4.79 Å². The molecule has 1 aliphatic heterocycles. The van der Waals surface area contributed by atoms with E-state index < -0.39 is 6.04 Å². The molecule has 110 valence electrons. The van der Waals surface area contributed by atoms with E-state index in [0.29, 0.717) is 30.7 Å². The Morgan fingerprint density at radius 2 is 2.19 bits per heavy atom. The zero-order valence-electron chi connectivity index (χ0n) is 11.9. The molecule has 0 N–H and O–H groups in total. The SMILES string of the molecule is CCOC(=O)C1CCCN1C(=O)c1coc2ccccc12. The van der Waals surface area contributed by atoms with Gasteiger partial charge in [-0.15, -0.1) is 0 Å². The van der Waals surface area contributed by atoms with Crippen LogP contribution in [0.15, 0.2) is 34.9 Å². The second-order valence-electron chi connectivity index (χ2n) is 5.05. The molecule has 5 heteroatoms. The molecule has 1 amide bonds. The molecule has 2 aromatic rings. The fourth-order valence-electron chi connectivity index (χ4n) is 2.79. The van der Waals surface area contributed by atoms with E-state index in [4.69, 9.17) is 9.15 Å². The van der Waals surface area contributed by atoms with Crippen molar-refractivity contribution in [3.05, 3.63) is 36.1 Å². The number of esters is 1. The van der Waals surface area contributed by atoms with Gasteiger partial charge < -0.3 is 14.1 Å². The quantitative estimate of drug-likeness (QED) is 0.814. The average Bonchev–Trinajstić information content (AvgIpc) is 3.14. The van der Waals surface area contributed by atoms with Crippen LogP contribution in [0, 0.1) is 0 Å². The van der Waals surface area contributed by atoms with E-state index in [1.54, 1.807) is 11.8 Å². The second kappa shape index (κ2) is 5.60. The average molecular weight is 287 g/mol. The van der Waals surface area contributed by atoms with Crippen LogP contribution < -0.4 is 0 Å². The van der Waals surface area contributed by atoms with Crippen LogP contribution in [0.5, 0.6) is 0 Å². The molecule has 2 heterocycles. The molecule has 1 saturated heterocycles. The third-order valence-corrected chi connectivity index (χ3v) is 3.78. The van der Waals surface area contributed by atoms with Gasteiger partial charge in [0.15, 0.2) is 0 Å². The highest BCUT2D eigenvalue weighted by Gasteiger charge is 2.36. The van der Waals surface area contributed by atoms with Gasteiger partial charge >= 0.3 is 5.97 Å². The number of likely N-dealkylation sites (tertiary alicyclic amines) is 1. The van der Waals surface area contributed by atoms with Gasteiger partial charge in [-0.05, 0) is 25.8 Å². The Bertz CT molecular complexity index is 676. The summed E-state index contributed by atoms with van der Waals surface area (Å²) in [5.41, 5.74) is 1.18. The van der Waals surface area contributed by atoms with Crippen molar-refractivity contribution >= 4 is 22.8 Å². The zero-order chi connectivity index (χ0) is 14.8. The van der Waals surface area contributed by atoms with Gasteiger partial charge in [-0.3, -0.25) is 4.79 Å². The Morgan fingerprint density at radius 3 is 3.00 bits per heavy atom. The van der Waals surface area contributed by atoms with Crippen LogP contribution in [0.4, 0.5) is 0 Å². The molecule has 1 fully saturated rings.